The number of amides is 1. The molecule has 0 radical (unpaired) electrons. The zero-order valence-corrected chi connectivity index (χ0v) is 22.4. The van der Waals surface area contributed by atoms with E-state index in [1.165, 1.54) is 48.0 Å². The maximum Gasteiger partial charge on any atom is 0.254 e. The number of aliphatic hydroxyl groups excluding tert-OH is 1. The van der Waals surface area contributed by atoms with Gasteiger partial charge in [0.2, 0.25) is 5.95 Å². The third-order valence-electron chi connectivity index (χ3n) is 8.33. The van der Waals surface area contributed by atoms with Crippen LogP contribution in [0.15, 0.2) is 43.1 Å². The number of nitrogens with one attached hydrogen (secondary N) is 1. The highest BCUT2D eigenvalue weighted by Gasteiger charge is 2.28. The van der Waals surface area contributed by atoms with E-state index in [0.717, 1.165) is 37.9 Å². The van der Waals surface area contributed by atoms with Crippen molar-refractivity contribution in [2.24, 2.45) is 0 Å². The Morgan fingerprint density at radius 1 is 0.951 bits per heavy atom. The monoisotopic (exact) mass is 560 g/mol. The molecule has 0 bridgehead atoms. The lowest BCUT2D eigenvalue weighted by Gasteiger charge is -2.32. The molecule has 2 aliphatic heterocycles. The van der Waals surface area contributed by atoms with E-state index in [0.29, 0.717) is 24.5 Å². The largest absolute Gasteiger partial charge is 0.391 e. The second kappa shape index (κ2) is 10.3. The molecule has 2 saturated heterocycles. The van der Waals surface area contributed by atoms with Crippen LogP contribution in [0.5, 0.6) is 0 Å². The number of hydrogen-bond donors (Lipinski definition) is 2. The Morgan fingerprint density at radius 3 is 2.41 bits per heavy atom. The third kappa shape index (κ3) is 4.96. The highest BCUT2D eigenvalue weighted by molar-refractivity contribution is 5.95. The normalized spacial score (nSPS) is 19.7. The Balaban J connectivity index is 1.07. The van der Waals surface area contributed by atoms with Crippen molar-refractivity contribution in [1.29, 1.82) is 0 Å². The summed E-state index contributed by atoms with van der Waals surface area (Å²) in [5.41, 5.74) is 1.89. The summed E-state index contributed by atoms with van der Waals surface area (Å²) < 4.78 is 32.2. The number of carbonyl (C=O) groups excluding carboxylic acids is 1. The maximum atomic E-state index is 15.3. The predicted octanol–water partition coefficient (Wildman–Crippen LogP) is 4.17. The molecule has 5 heterocycles. The summed E-state index contributed by atoms with van der Waals surface area (Å²) in [6, 6.07) is 4.12. The molecule has 3 aromatic heterocycles. The molecule has 0 unspecified atom stereocenters. The minimum absolute atomic E-state index is 0.0258. The predicted molar refractivity (Wildman–Crippen MR) is 148 cm³/mol. The summed E-state index contributed by atoms with van der Waals surface area (Å²) in [5, 5.41) is 12.8. The molecule has 41 heavy (non-hydrogen) atoms. The van der Waals surface area contributed by atoms with Crippen molar-refractivity contribution in [2.75, 3.05) is 36.4 Å². The zero-order valence-electron chi connectivity index (χ0n) is 22.4. The van der Waals surface area contributed by atoms with Gasteiger partial charge in [0.1, 0.15) is 23.6 Å². The summed E-state index contributed by atoms with van der Waals surface area (Å²) in [4.78, 5) is 34.0. The summed E-state index contributed by atoms with van der Waals surface area (Å²) in [5.74, 6) is -0.0195. The molecular weight excluding hydrogens is 530 g/mol. The van der Waals surface area contributed by atoms with E-state index in [4.69, 9.17) is 0 Å². The first-order chi connectivity index (χ1) is 19.9. The molecule has 4 aromatic rings. The molecule has 1 saturated carbocycles. The topological polar surface area (TPSA) is 112 Å². The summed E-state index contributed by atoms with van der Waals surface area (Å²) in [6.07, 6.45) is 10.5. The molecule has 1 atom stereocenters. The molecule has 3 fully saturated rings. The van der Waals surface area contributed by atoms with Gasteiger partial charge in [0.25, 0.3) is 5.91 Å². The van der Waals surface area contributed by atoms with Crippen molar-refractivity contribution >= 4 is 34.4 Å². The van der Waals surface area contributed by atoms with Gasteiger partial charge in [-0.05, 0) is 61.8 Å². The third-order valence-corrected chi connectivity index (χ3v) is 8.33. The highest BCUT2D eigenvalue weighted by atomic mass is 19.1. The lowest BCUT2D eigenvalue weighted by atomic mass is 10.1. The van der Waals surface area contributed by atoms with Crippen molar-refractivity contribution in [3.05, 3.63) is 65.9 Å². The molecule has 212 valence electrons. The van der Waals surface area contributed by atoms with Gasteiger partial charge in [0, 0.05) is 56.4 Å². The molecule has 7 rings (SSSR count). The van der Waals surface area contributed by atoms with Gasteiger partial charge in [0.15, 0.2) is 5.82 Å². The summed E-state index contributed by atoms with van der Waals surface area (Å²) in [6.45, 7) is 2.13. The van der Waals surface area contributed by atoms with E-state index in [-0.39, 0.29) is 40.9 Å². The van der Waals surface area contributed by atoms with Crippen LogP contribution >= 0.6 is 0 Å². The number of anilines is 3. The molecule has 0 spiro atoms. The number of carbonyl (C=O) groups is 1. The average Bonchev–Trinajstić information content (AvgIpc) is 3.67. The first-order valence-corrected chi connectivity index (χ1v) is 14.1. The van der Waals surface area contributed by atoms with Gasteiger partial charge in [0.05, 0.1) is 17.2 Å². The minimum atomic E-state index is -0.665. The average molecular weight is 561 g/mol. The van der Waals surface area contributed by atoms with Crippen LogP contribution in [-0.2, 0) is 0 Å². The molecule has 10 nitrogen and oxygen atoms in total. The molecule has 3 aliphatic rings. The van der Waals surface area contributed by atoms with Crippen molar-refractivity contribution in [2.45, 2.75) is 50.2 Å². The number of β-amino-alcohol motifs (C(OH)–C–C–N with tert-alkyl or cyclic N) is 1. The highest BCUT2D eigenvalue weighted by Crippen LogP contribution is 2.39. The van der Waals surface area contributed by atoms with Crippen molar-refractivity contribution in [3.63, 3.8) is 0 Å². The number of rotatable bonds is 6. The van der Waals surface area contributed by atoms with E-state index in [2.05, 4.69) is 30.2 Å². The second-order valence-corrected chi connectivity index (χ2v) is 11.1. The number of benzene rings is 1. The SMILES string of the molecule is O=C(c1ccc(Nc2ncnc3c2c(F)cn3C2CCN(c3ncc(C4CC4)cn3)CC2)c(F)c1)N1CC[C@@H](O)C1. The fraction of sp³-hybridized carbons (Fsp3) is 0.414. The fourth-order valence-corrected chi connectivity index (χ4v) is 5.86. The van der Waals surface area contributed by atoms with E-state index < -0.39 is 17.7 Å². The number of piperidine rings is 1. The smallest absolute Gasteiger partial charge is 0.254 e. The fourth-order valence-electron chi connectivity index (χ4n) is 5.86. The van der Waals surface area contributed by atoms with Crippen LogP contribution in [-0.4, -0.2) is 72.7 Å². The lowest BCUT2D eigenvalue weighted by molar-refractivity contribution is 0.0764. The minimum Gasteiger partial charge on any atom is -0.391 e. The second-order valence-electron chi connectivity index (χ2n) is 11.1. The van der Waals surface area contributed by atoms with Gasteiger partial charge in [-0.25, -0.2) is 28.7 Å². The molecule has 12 heteroatoms. The van der Waals surface area contributed by atoms with E-state index in [1.54, 1.807) is 0 Å². The number of fused-ring (bicyclic) bond motifs is 1. The van der Waals surface area contributed by atoms with Crippen molar-refractivity contribution in [3.8, 4) is 0 Å². The number of aromatic nitrogens is 5. The van der Waals surface area contributed by atoms with Crippen LogP contribution in [0.4, 0.5) is 26.2 Å². The van der Waals surface area contributed by atoms with Crippen LogP contribution in [0.25, 0.3) is 11.0 Å². The van der Waals surface area contributed by atoms with Crippen LogP contribution in [0.3, 0.4) is 0 Å². The molecular formula is C29H30F2N8O2. The van der Waals surface area contributed by atoms with Gasteiger partial charge in [-0.1, -0.05) is 0 Å². The van der Waals surface area contributed by atoms with Gasteiger partial charge >= 0.3 is 0 Å². The lowest BCUT2D eigenvalue weighted by Crippen LogP contribution is -2.35. The molecule has 1 aliphatic carbocycles. The number of aliphatic hydroxyl groups is 1. The number of nitrogens with zero attached hydrogens (tertiary/aromatic N) is 7. The first kappa shape index (κ1) is 25.8. The quantitative estimate of drug-likeness (QED) is 0.362. The molecule has 2 N–H and O–H groups in total. The van der Waals surface area contributed by atoms with Crippen LogP contribution < -0.4 is 10.2 Å². The Morgan fingerprint density at radius 2 is 1.73 bits per heavy atom. The first-order valence-electron chi connectivity index (χ1n) is 14.1. The Bertz CT molecular complexity index is 1600. The van der Waals surface area contributed by atoms with Gasteiger partial charge < -0.3 is 24.8 Å². The Hall–Kier alpha value is -4.19. The van der Waals surface area contributed by atoms with Crippen molar-refractivity contribution in [1.82, 2.24) is 29.4 Å². The van der Waals surface area contributed by atoms with Gasteiger partial charge in [-0.3, -0.25) is 4.79 Å². The maximum absolute atomic E-state index is 15.3. The van der Waals surface area contributed by atoms with E-state index in [1.807, 2.05) is 17.0 Å². The van der Waals surface area contributed by atoms with Crippen LogP contribution in [0, 0.1) is 11.6 Å². The molecule has 1 aromatic carbocycles. The van der Waals surface area contributed by atoms with Gasteiger partial charge in [-0.15, -0.1) is 0 Å². The Kier molecular flexibility index (Phi) is 6.49. The summed E-state index contributed by atoms with van der Waals surface area (Å²) >= 11 is 0. The zero-order chi connectivity index (χ0) is 28.1. The van der Waals surface area contributed by atoms with Crippen molar-refractivity contribution < 1.29 is 18.7 Å². The van der Waals surface area contributed by atoms with Gasteiger partial charge in [-0.2, -0.15) is 0 Å². The van der Waals surface area contributed by atoms with E-state index >= 15 is 8.78 Å². The van der Waals surface area contributed by atoms with Crippen LogP contribution in [0.2, 0.25) is 0 Å². The van der Waals surface area contributed by atoms with E-state index in [9.17, 15) is 9.90 Å². The number of likely N-dealkylation sites (tertiary alicyclic amines) is 1. The van der Waals surface area contributed by atoms with Crippen LogP contribution in [0.1, 0.15) is 60.0 Å². The number of halogens is 2. The standard InChI is InChI=1S/C29H30F2N8O2/c30-22-11-18(28(41)38-10-7-21(40)14-38)3-4-24(22)36-26-25-23(31)15-39(27(25)35-16-34-26)20-5-8-37(9-6-20)29-32-12-19(13-33-29)17-1-2-17/h3-4,11-13,15-17,20-21,40H,1-2,5-10,14H2,(H,34,35,36)/t21-/m1/s1. The molecule has 1 amide bonds. The summed E-state index contributed by atoms with van der Waals surface area (Å²) in [7, 11) is 0. The Labute approximate surface area is 235 Å². The number of hydrogen-bond acceptors (Lipinski definition) is 8.